The molecule has 244 valence electrons. The summed E-state index contributed by atoms with van der Waals surface area (Å²) in [5, 5.41) is 0. The molecule has 1 saturated heterocycles. The molecule has 1 unspecified atom stereocenters. The average Bonchev–Trinajstić information content (AvgIpc) is 3.01. The predicted octanol–water partition coefficient (Wildman–Crippen LogP) is 5.05. The predicted molar refractivity (Wildman–Crippen MR) is 164 cm³/mol. The maximum absolute atomic E-state index is 10.5. The van der Waals surface area contributed by atoms with Gasteiger partial charge in [0.2, 0.25) is 0 Å². The maximum atomic E-state index is 10.5. The van der Waals surface area contributed by atoms with Crippen LogP contribution in [0.5, 0.6) is 0 Å². The standard InChI is InChI=1S/C19H30O5.C13H20O5S/c1-17(24-16-18-7-3-2-4-8-18)15-21-12-11-20-13-14-23-19-9-5-6-10-22-19;1-12(10-17-8-5-9-19(14,15)16)18-11-13-6-3-2-4-7-13/h2-4,7-8,17,19H,5-6,9-16H2,1H3;2-4,6-7,12H,5,8-11H2,1H3,(H,14,15,16)/t17-,19?;12-/m00/s1. The molecule has 0 radical (unpaired) electrons. The molecule has 0 amide bonds. The number of ether oxygens (including phenoxy) is 7. The molecule has 0 bridgehead atoms. The van der Waals surface area contributed by atoms with E-state index in [1.807, 2.05) is 62.4 Å². The Hall–Kier alpha value is -1.93. The Morgan fingerprint density at radius 2 is 1.30 bits per heavy atom. The fourth-order valence-corrected chi connectivity index (χ4v) is 4.35. The fraction of sp³-hybridized carbons (Fsp3) is 0.625. The lowest BCUT2D eigenvalue weighted by Crippen LogP contribution is -2.24. The molecule has 10 nitrogen and oxygen atoms in total. The van der Waals surface area contributed by atoms with Crippen LogP contribution < -0.4 is 0 Å². The Morgan fingerprint density at radius 3 is 1.84 bits per heavy atom. The van der Waals surface area contributed by atoms with Crippen LogP contribution in [0.1, 0.15) is 50.7 Å². The van der Waals surface area contributed by atoms with E-state index in [1.54, 1.807) is 0 Å². The normalized spacial score (nSPS) is 16.7. The van der Waals surface area contributed by atoms with Crippen LogP contribution in [-0.4, -0.2) is 90.1 Å². The highest BCUT2D eigenvalue weighted by atomic mass is 32.2. The third kappa shape index (κ3) is 21.4. The van der Waals surface area contributed by atoms with Gasteiger partial charge in [0.1, 0.15) is 0 Å². The summed E-state index contributed by atoms with van der Waals surface area (Å²) in [6.07, 6.45) is 3.56. The summed E-state index contributed by atoms with van der Waals surface area (Å²) < 4.78 is 68.2. The van der Waals surface area contributed by atoms with Gasteiger partial charge in [-0.15, -0.1) is 0 Å². The van der Waals surface area contributed by atoms with Crippen LogP contribution in [0.4, 0.5) is 0 Å². The smallest absolute Gasteiger partial charge is 0.264 e. The summed E-state index contributed by atoms with van der Waals surface area (Å²) in [5.41, 5.74) is 2.27. The second kappa shape index (κ2) is 23.5. The van der Waals surface area contributed by atoms with Gasteiger partial charge in [-0.25, -0.2) is 0 Å². The Bertz CT molecular complexity index is 1020. The van der Waals surface area contributed by atoms with Gasteiger partial charge in [0.25, 0.3) is 10.1 Å². The minimum absolute atomic E-state index is 0.0405. The van der Waals surface area contributed by atoms with E-state index in [4.69, 9.17) is 37.7 Å². The van der Waals surface area contributed by atoms with Gasteiger partial charge in [-0.3, -0.25) is 4.55 Å². The molecule has 0 saturated carbocycles. The topological polar surface area (TPSA) is 119 Å². The molecule has 1 aliphatic rings. The van der Waals surface area contributed by atoms with Gasteiger partial charge in [-0.05, 0) is 50.7 Å². The summed E-state index contributed by atoms with van der Waals surface area (Å²) in [7, 11) is -3.88. The van der Waals surface area contributed by atoms with E-state index in [1.165, 1.54) is 12.0 Å². The molecular weight excluding hydrogens is 576 g/mol. The molecule has 1 heterocycles. The molecule has 2 aromatic carbocycles. The highest BCUT2D eigenvalue weighted by Gasteiger charge is 2.13. The SMILES string of the molecule is C[C@@H](COCCCS(=O)(=O)O)OCc1ccccc1.C[C@@H](COCCOCCOC1CCCCO1)OCc1ccccc1. The molecule has 1 fully saturated rings. The van der Waals surface area contributed by atoms with Gasteiger partial charge in [-0.2, -0.15) is 8.42 Å². The maximum Gasteiger partial charge on any atom is 0.264 e. The largest absolute Gasteiger partial charge is 0.379 e. The van der Waals surface area contributed by atoms with Gasteiger partial charge in [0, 0.05) is 13.2 Å². The Morgan fingerprint density at radius 1 is 0.767 bits per heavy atom. The lowest BCUT2D eigenvalue weighted by Gasteiger charge is -2.22. The third-order valence-electron chi connectivity index (χ3n) is 6.19. The van der Waals surface area contributed by atoms with E-state index in [2.05, 4.69) is 12.1 Å². The van der Waals surface area contributed by atoms with E-state index in [0.717, 1.165) is 25.0 Å². The highest BCUT2D eigenvalue weighted by Crippen LogP contribution is 2.13. The molecule has 11 heteroatoms. The molecule has 3 rings (SSSR count). The first-order valence-electron chi connectivity index (χ1n) is 15.0. The molecule has 2 aromatic rings. The zero-order valence-corrected chi connectivity index (χ0v) is 26.5. The van der Waals surface area contributed by atoms with Crippen molar-refractivity contribution in [1.29, 1.82) is 0 Å². The van der Waals surface area contributed by atoms with Crippen molar-refractivity contribution < 1.29 is 46.1 Å². The lowest BCUT2D eigenvalue weighted by molar-refractivity contribution is -0.169. The van der Waals surface area contributed by atoms with Crippen molar-refractivity contribution in [3.8, 4) is 0 Å². The molecule has 0 aliphatic carbocycles. The van der Waals surface area contributed by atoms with Crippen molar-refractivity contribution >= 4 is 10.1 Å². The number of hydrogen-bond donors (Lipinski definition) is 1. The van der Waals surface area contributed by atoms with E-state index in [0.29, 0.717) is 59.5 Å². The molecule has 0 aromatic heterocycles. The van der Waals surface area contributed by atoms with Crippen LogP contribution in [-0.2, 0) is 56.5 Å². The summed E-state index contributed by atoms with van der Waals surface area (Å²) in [5.74, 6) is -0.272. The first-order valence-corrected chi connectivity index (χ1v) is 16.7. The third-order valence-corrected chi connectivity index (χ3v) is 7.00. The second-order valence-electron chi connectivity index (χ2n) is 10.3. The van der Waals surface area contributed by atoms with Gasteiger partial charge < -0.3 is 33.2 Å². The highest BCUT2D eigenvalue weighted by molar-refractivity contribution is 7.85. The first kappa shape index (κ1) is 37.3. The minimum atomic E-state index is -3.88. The van der Waals surface area contributed by atoms with E-state index >= 15 is 0 Å². The van der Waals surface area contributed by atoms with Crippen LogP contribution in [0.3, 0.4) is 0 Å². The number of benzene rings is 2. The van der Waals surface area contributed by atoms with Crippen molar-refractivity contribution in [2.45, 2.75) is 71.2 Å². The van der Waals surface area contributed by atoms with Crippen molar-refractivity contribution in [3.63, 3.8) is 0 Å². The van der Waals surface area contributed by atoms with Gasteiger partial charge in [0.15, 0.2) is 6.29 Å². The number of rotatable bonds is 21. The van der Waals surface area contributed by atoms with Crippen molar-refractivity contribution in [1.82, 2.24) is 0 Å². The molecule has 3 atom stereocenters. The van der Waals surface area contributed by atoms with Crippen LogP contribution in [0.2, 0.25) is 0 Å². The zero-order chi connectivity index (χ0) is 31.0. The summed E-state index contributed by atoms with van der Waals surface area (Å²) in [6.45, 7) is 9.40. The Kier molecular flexibility index (Phi) is 20.3. The van der Waals surface area contributed by atoms with Crippen molar-refractivity contribution in [3.05, 3.63) is 71.8 Å². The van der Waals surface area contributed by atoms with Gasteiger partial charge >= 0.3 is 0 Å². The van der Waals surface area contributed by atoms with E-state index in [-0.39, 0.29) is 30.7 Å². The molecule has 1 N–H and O–H groups in total. The zero-order valence-electron chi connectivity index (χ0n) is 25.6. The van der Waals surface area contributed by atoms with Crippen LogP contribution in [0.15, 0.2) is 60.7 Å². The van der Waals surface area contributed by atoms with Crippen molar-refractivity contribution in [2.24, 2.45) is 0 Å². The molecule has 43 heavy (non-hydrogen) atoms. The molecular formula is C32H50O10S. The summed E-state index contributed by atoms with van der Waals surface area (Å²) in [6, 6.07) is 20.0. The van der Waals surface area contributed by atoms with Gasteiger partial charge in [-0.1, -0.05) is 60.7 Å². The van der Waals surface area contributed by atoms with E-state index in [9.17, 15) is 8.42 Å². The van der Waals surface area contributed by atoms with Crippen LogP contribution in [0.25, 0.3) is 0 Å². The monoisotopic (exact) mass is 626 g/mol. The van der Waals surface area contributed by atoms with Crippen LogP contribution >= 0.6 is 0 Å². The van der Waals surface area contributed by atoms with Crippen LogP contribution in [0, 0.1) is 0 Å². The summed E-state index contributed by atoms with van der Waals surface area (Å²) in [4.78, 5) is 0. The molecule has 0 spiro atoms. The second-order valence-corrected chi connectivity index (χ2v) is 11.9. The Balaban J connectivity index is 0.000000309. The number of hydrogen-bond acceptors (Lipinski definition) is 9. The fourth-order valence-electron chi connectivity index (χ4n) is 3.86. The van der Waals surface area contributed by atoms with Crippen molar-refractivity contribution in [2.75, 3.05) is 58.6 Å². The lowest BCUT2D eigenvalue weighted by atomic mass is 10.2. The summed E-state index contributed by atoms with van der Waals surface area (Å²) >= 11 is 0. The van der Waals surface area contributed by atoms with E-state index < -0.39 is 10.1 Å². The van der Waals surface area contributed by atoms with Gasteiger partial charge in [0.05, 0.1) is 70.8 Å². The average molecular weight is 627 g/mol. The molecule has 1 aliphatic heterocycles. The quantitative estimate of drug-likeness (QED) is 0.149. The minimum Gasteiger partial charge on any atom is -0.379 e. The first-order chi connectivity index (χ1) is 20.8. The Labute approximate surface area is 257 Å².